The van der Waals surface area contributed by atoms with Gasteiger partial charge in [-0.3, -0.25) is 19.1 Å². The maximum atomic E-state index is 12.7. The van der Waals surface area contributed by atoms with Crippen molar-refractivity contribution in [3.05, 3.63) is 45.1 Å². The smallest absolute Gasteiger partial charge is 0.406 e. The van der Waals surface area contributed by atoms with Gasteiger partial charge in [-0.2, -0.15) is 0 Å². The Bertz CT molecular complexity index is 1080. The van der Waals surface area contributed by atoms with Gasteiger partial charge in [0.2, 0.25) is 5.91 Å². The van der Waals surface area contributed by atoms with Crippen molar-refractivity contribution in [1.29, 1.82) is 0 Å². The first kappa shape index (κ1) is 26.8. The number of halogens is 3. The molecule has 0 bridgehead atoms. The van der Waals surface area contributed by atoms with Gasteiger partial charge < -0.3 is 20.7 Å². The molecule has 0 unspecified atom stereocenters. The molecule has 1 amide bonds. The molecule has 0 atom stereocenters. The molecule has 34 heavy (non-hydrogen) atoms. The molecule has 0 saturated carbocycles. The molecular weight excluding hydrogens is 455 g/mol. The highest BCUT2D eigenvalue weighted by Crippen LogP contribution is 2.24. The highest BCUT2D eigenvalue weighted by molar-refractivity contribution is 5.94. The Hall–Kier alpha value is -3.44. The van der Waals surface area contributed by atoms with Crippen LogP contribution in [-0.2, 0) is 11.3 Å². The van der Waals surface area contributed by atoms with Gasteiger partial charge in [-0.25, -0.2) is 4.79 Å². The van der Waals surface area contributed by atoms with Crippen LogP contribution >= 0.6 is 0 Å². The molecule has 0 aliphatic heterocycles. The first-order valence-electron chi connectivity index (χ1n) is 10.9. The van der Waals surface area contributed by atoms with Gasteiger partial charge in [0.15, 0.2) is 0 Å². The number of nitrogen functional groups attached to an aromatic ring is 1. The Labute approximate surface area is 194 Å². The number of nitrogens with one attached hydrogen (secondary N) is 2. The van der Waals surface area contributed by atoms with Crippen LogP contribution in [0.4, 0.5) is 30.4 Å². The molecule has 12 heteroatoms. The fraction of sp³-hybridized carbons (Fsp3) is 0.500. The highest BCUT2D eigenvalue weighted by atomic mass is 19.4. The quantitative estimate of drug-likeness (QED) is 0.449. The summed E-state index contributed by atoms with van der Waals surface area (Å²) in [7, 11) is 0. The van der Waals surface area contributed by atoms with Crippen molar-refractivity contribution in [1.82, 2.24) is 9.55 Å². The average molecular weight is 486 g/mol. The number of amides is 1. The second-order valence-corrected chi connectivity index (χ2v) is 8.22. The lowest BCUT2D eigenvalue weighted by atomic mass is 10.1. The highest BCUT2D eigenvalue weighted by Gasteiger charge is 2.31. The van der Waals surface area contributed by atoms with Crippen LogP contribution in [-0.4, -0.2) is 34.9 Å². The van der Waals surface area contributed by atoms with E-state index in [9.17, 15) is 27.6 Å². The number of hydrogen-bond acceptors (Lipinski definition) is 6. The number of benzene rings is 1. The molecule has 4 N–H and O–H groups in total. The first-order valence-corrected chi connectivity index (χ1v) is 10.9. The van der Waals surface area contributed by atoms with E-state index >= 15 is 0 Å². The molecule has 1 aromatic carbocycles. The minimum atomic E-state index is -4.82. The molecule has 1 heterocycles. The van der Waals surface area contributed by atoms with Gasteiger partial charge >= 0.3 is 12.1 Å². The summed E-state index contributed by atoms with van der Waals surface area (Å²) in [5.41, 5.74) is 5.16. The summed E-state index contributed by atoms with van der Waals surface area (Å²) in [6, 6.07) is 4.69. The normalized spacial score (nSPS) is 11.5. The number of aromatic amines is 1. The predicted molar refractivity (Wildman–Crippen MR) is 124 cm³/mol. The summed E-state index contributed by atoms with van der Waals surface area (Å²) >= 11 is 0. The van der Waals surface area contributed by atoms with Crippen molar-refractivity contribution in [2.45, 2.75) is 52.9 Å². The van der Waals surface area contributed by atoms with Gasteiger partial charge in [-0.1, -0.05) is 27.2 Å². The van der Waals surface area contributed by atoms with E-state index in [0.717, 1.165) is 18.6 Å². The summed E-state index contributed by atoms with van der Waals surface area (Å²) in [6.45, 7) is 6.31. The van der Waals surface area contributed by atoms with Crippen LogP contribution in [0.1, 0.15) is 40.0 Å². The van der Waals surface area contributed by atoms with Crippen molar-refractivity contribution in [3.8, 4) is 5.75 Å². The first-order chi connectivity index (χ1) is 15.9. The monoisotopic (exact) mass is 485 g/mol. The van der Waals surface area contributed by atoms with E-state index in [1.165, 1.54) is 21.6 Å². The molecule has 2 rings (SSSR count). The number of carbonyl (C=O) groups is 1. The van der Waals surface area contributed by atoms with Crippen LogP contribution in [0.15, 0.2) is 33.9 Å². The molecular formula is C22H30F3N5O4. The van der Waals surface area contributed by atoms with Crippen molar-refractivity contribution in [2.24, 2.45) is 5.92 Å². The van der Waals surface area contributed by atoms with Crippen molar-refractivity contribution in [3.63, 3.8) is 0 Å². The summed E-state index contributed by atoms with van der Waals surface area (Å²) < 4.78 is 42.0. The van der Waals surface area contributed by atoms with E-state index in [-0.39, 0.29) is 29.7 Å². The summed E-state index contributed by atoms with van der Waals surface area (Å²) in [4.78, 5) is 41.4. The number of H-pyrrole nitrogens is 1. The molecule has 188 valence electrons. The van der Waals surface area contributed by atoms with E-state index in [1.54, 1.807) is 0 Å². The van der Waals surface area contributed by atoms with E-state index in [0.29, 0.717) is 25.9 Å². The zero-order valence-corrected chi connectivity index (χ0v) is 19.4. The fourth-order valence-corrected chi connectivity index (χ4v) is 3.22. The Kier molecular flexibility index (Phi) is 9.16. The fourth-order valence-electron chi connectivity index (χ4n) is 3.22. The number of aromatic nitrogens is 2. The zero-order chi connectivity index (χ0) is 25.5. The van der Waals surface area contributed by atoms with Gasteiger partial charge in [-0.05, 0) is 43.0 Å². The SMILES string of the molecule is CCCCn1c(N)c(N(CCC(C)C)CC(=O)Nc2ccc(OC(F)(F)F)cc2)c(=O)[nH]c1=O. The Morgan fingerprint density at radius 2 is 1.88 bits per heavy atom. The van der Waals surface area contributed by atoms with Crippen LogP contribution in [0.2, 0.25) is 0 Å². The molecule has 9 nitrogen and oxygen atoms in total. The van der Waals surface area contributed by atoms with Crippen LogP contribution in [0.3, 0.4) is 0 Å². The lowest BCUT2D eigenvalue weighted by molar-refractivity contribution is -0.274. The standard InChI is InChI=1S/C22H30F3N5O4/c1-4-5-11-30-19(26)18(20(32)28-21(30)33)29(12-10-14(2)3)13-17(31)27-15-6-8-16(9-7-15)34-22(23,24)25/h6-9,14H,4-5,10-13,26H2,1-3H3,(H,27,31)(H,28,32,33). The molecule has 0 radical (unpaired) electrons. The van der Waals surface area contributed by atoms with Crippen molar-refractivity contribution >= 4 is 23.1 Å². The maximum Gasteiger partial charge on any atom is 0.573 e. The minimum absolute atomic E-state index is 0.0209. The molecule has 0 aliphatic carbocycles. The Morgan fingerprint density at radius 3 is 2.44 bits per heavy atom. The molecule has 0 saturated heterocycles. The van der Waals surface area contributed by atoms with Gasteiger partial charge in [0.1, 0.15) is 17.3 Å². The summed E-state index contributed by atoms with van der Waals surface area (Å²) in [5, 5.41) is 2.58. The number of nitrogens with two attached hydrogens (primary N) is 1. The number of unbranched alkanes of at least 4 members (excludes halogenated alkanes) is 1. The zero-order valence-electron chi connectivity index (χ0n) is 19.4. The average Bonchev–Trinajstić information content (AvgIpc) is 2.71. The van der Waals surface area contributed by atoms with Crippen molar-refractivity contribution in [2.75, 3.05) is 29.0 Å². The van der Waals surface area contributed by atoms with E-state index in [4.69, 9.17) is 5.73 Å². The Balaban J connectivity index is 2.26. The summed E-state index contributed by atoms with van der Waals surface area (Å²) in [5.74, 6) is -0.693. The van der Waals surface area contributed by atoms with E-state index < -0.39 is 29.3 Å². The lowest BCUT2D eigenvalue weighted by Gasteiger charge is -2.26. The largest absolute Gasteiger partial charge is 0.573 e. The van der Waals surface area contributed by atoms with E-state index in [1.807, 2.05) is 20.8 Å². The number of nitrogens with zero attached hydrogens (tertiary/aromatic N) is 2. The second kappa shape index (κ2) is 11.6. The topological polar surface area (TPSA) is 122 Å². The third kappa shape index (κ3) is 7.85. The lowest BCUT2D eigenvalue weighted by Crippen LogP contribution is -2.42. The molecule has 1 aromatic heterocycles. The molecule has 0 aliphatic rings. The van der Waals surface area contributed by atoms with Gasteiger partial charge in [0.25, 0.3) is 5.56 Å². The Morgan fingerprint density at radius 1 is 1.24 bits per heavy atom. The number of alkyl halides is 3. The van der Waals surface area contributed by atoms with Crippen LogP contribution in [0.5, 0.6) is 5.75 Å². The van der Waals surface area contributed by atoms with Crippen molar-refractivity contribution < 1.29 is 22.7 Å². The van der Waals surface area contributed by atoms with Gasteiger partial charge in [-0.15, -0.1) is 13.2 Å². The molecule has 0 spiro atoms. The predicted octanol–water partition coefficient (Wildman–Crippen LogP) is 3.31. The van der Waals surface area contributed by atoms with Crippen LogP contribution in [0, 0.1) is 5.92 Å². The molecule has 2 aromatic rings. The van der Waals surface area contributed by atoms with E-state index in [2.05, 4.69) is 15.0 Å². The third-order valence-corrected chi connectivity index (χ3v) is 4.95. The maximum absolute atomic E-state index is 12.7. The third-order valence-electron chi connectivity index (χ3n) is 4.95. The van der Waals surface area contributed by atoms with Crippen LogP contribution in [0.25, 0.3) is 0 Å². The number of hydrogen-bond donors (Lipinski definition) is 3. The summed E-state index contributed by atoms with van der Waals surface area (Å²) in [6.07, 6.45) is -2.69. The van der Waals surface area contributed by atoms with Gasteiger partial charge in [0.05, 0.1) is 6.54 Å². The van der Waals surface area contributed by atoms with Crippen LogP contribution < -0.4 is 31.9 Å². The number of ether oxygens (including phenoxy) is 1. The minimum Gasteiger partial charge on any atom is -0.406 e. The second-order valence-electron chi connectivity index (χ2n) is 8.22. The molecule has 0 fully saturated rings. The number of carbonyl (C=O) groups excluding carboxylic acids is 1. The number of rotatable bonds is 11. The number of anilines is 3. The van der Waals surface area contributed by atoms with Gasteiger partial charge in [0, 0.05) is 18.8 Å².